The van der Waals surface area contributed by atoms with E-state index in [1.54, 1.807) is 0 Å². The predicted molar refractivity (Wildman–Crippen MR) is 99.3 cm³/mol. The molecule has 0 aromatic heterocycles. The van der Waals surface area contributed by atoms with Gasteiger partial charge < -0.3 is 9.88 Å². The highest BCUT2D eigenvalue weighted by Gasteiger charge is 2.64. The topological polar surface area (TPSA) is 32.3 Å². The van der Waals surface area contributed by atoms with Crippen molar-refractivity contribution in [2.75, 3.05) is 4.57 Å². The van der Waals surface area contributed by atoms with E-state index >= 15 is 4.39 Å². The van der Waals surface area contributed by atoms with Gasteiger partial charge >= 0.3 is 0 Å². The third kappa shape index (κ3) is 2.03. The Morgan fingerprint density at radius 1 is 1.12 bits per heavy atom. The van der Waals surface area contributed by atoms with E-state index in [0.717, 1.165) is 5.69 Å². The molecule has 0 spiro atoms. The Balaban J connectivity index is 2.27. The average molecular weight is 349 g/mol. The van der Waals surface area contributed by atoms with E-state index in [9.17, 15) is 4.79 Å². The highest BCUT2D eigenvalue weighted by Crippen LogP contribution is 2.57. The number of hydrogen-bond acceptors (Lipinski definition) is 2. The third-order valence-electron chi connectivity index (χ3n) is 6.21. The highest BCUT2D eigenvalue weighted by atomic mass is 28.3. The van der Waals surface area contributed by atoms with Crippen LogP contribution >= 0.6 is 0 Å². The van der Waals surface area contributed by atoms with Gasteiger partial charge in [-0.1, -0.05) is 59.7 Å². The van der Waals surface area contributed by atoms with Gasteiger partial charge in [0, 0.05) is 11.3 Å². The molecule has 2 aliphatic rings. The van der Waals surface area contributed by atoms with E-state index in [1.807, 2.05) is 24.3 Å². The van der Waals surface area contributed by atoms with Crippen molar-refractivity contribution in [1.82, 2.24) is 5.32 Å². The van der Waals surface area contributed by atoms with Gasteiger partial charge in [0.25, 0.3) is 0 Å². The van der Waals surface area contributed by atoms with E-state index in [-0.39, 0.29) is 12.3 Å². The Morgan fingerprint density at radius 2 is 1.67 bits per heavy atom. The zero-order chi connectivity index (χ0) is 17.9. The number of para-hydroxylation sites is 1. The van der Waals surface area contributed by atoms with Crippen LogP contribution in [0.25, 0.3) is 0 Å². The normalized spacial score (nSPS) is 26.3. The molecule has 1 aromatic rings. The maximum atomic E-state index is 16.0. The van der Waals surface area contributed by atoms with Gasteiger partial charge in [-0.05, 0) is 22.7 Å². The van der Waals surface area contributed by atoms with Gasteiger partial charge in [-0.25, -0.2) is 4.39 Å². The van der Waals surface area contributed by atoms with Crippen LogP contribution in [0.2, 0.25) is 16.6 Å². The summed E-state index contributed by atoms with van der Waals surface area (Å²) in [5.74, 6) is -0.179. The molecule has 2 atom stereocenters. The summed E-state index contributed by atoms with van der Waals surface area (Å²) < 4.78 is 18.3. The van der Waals surface area contributed by atoms with Crippen LogP contribution in [0.1, 0.15) is 53.5 Å². The number of halogens is 1. The van der Waals surface area contributed by atoms with Crippen LogP contribution in [-0.2, 0) is 10.5 Å². The van der Waals surface area contributed by atoms with Crippen LogP contribution in [-0.4, -0.2) is 20.3 Å². The number of carbonyl (C=O) groups excluding carboxylic acids is 1. The maximum Gasteiger partial charge on any atom is 0.225 e. The molecule has 1 N–H and O–H groups in total. The van der Waals surface area contributed by atoms with Crippen molar-refractivity contribution in [3.8, 4) is 0 Å². The summed E-state index contributed by atoms with van der Waals surface area (Å²) in [5, 5.41) is 2.97. The summed E-state index contributed by atoms with van der Waals surface area (Å²) in [5.41, 5.74) is 1.42. The zero-order valence-corrected chi connectivity index (χ0v) is 16.6. The van der Waals surface area contributed by atoms with Crippen molar-refractivity contribution >= 4 is 19.8 Å². The summed E-state index contributed by atoms with van der Waals surface area (Å²) in [7, 11) is -2.13. The summed E-state index contributed by atoms with van der Waals surface area (Å²) >= 11 is 0. The van der Waals surface area contributed by atoms with Gasteiger partial charge in [0.1, 0.15) is 6.17 Å². The summed E-state index contributed by atoms with van der Waals surface area (Å²) in [6.07, 6.45) is -0.620. The molecular weight excluding hydrogens is 319 g/mol. The molecule has 3 rings (SSSR count). The zero-order valence-electron chi connectivity index (χ0n) is 15.6. The molecule has 24 heavy (non-hydrogen) atoms. The lowest BCUT2D eigenvalue weighted by Crippen LogP contribution is -2.66. The quantitative estimate of drug-likeness (QED) is 0.800. The van der Waals surface area contributed by atoms with Crippen molar-refractivity contribution in [3.05, 3.63) is 29.8 Å². The van der Waals surface area contributed by atoms with Crippen LogP contribution in [0, 0.1) is 0 Å². The molecule has 2 heterocycles. The second-order valence-corrected chi connectivity index (χ2v) is 14.0. The molecular formula is C19H29FN2OSi. The van der Waals surface area contributed by atoms with Crippen LogP contribution in [0.4, 0.5) is 10.1 Å². The first-order valence-corrected chi connectivity index (χ1v) is 11.2. The summed E-state index contributed by atoms with van der Waals surface area (Å²) in [6.45, 7) is 13.6. The lowest BCUT2D eigenvalue weighted by molar-refractivity contribution is -0.119. The standard InChI is InChI=1S/C19H29FN2OSi/c1-12(2)24(13(3)4,14(5)6)22-16-10-8-7-9-15(16)19(20)11-17(23)21-18(19)22/h7-10,12-14,18H,11H2,1-6H3,(H,21,23)/t18-,19-/m1/s1. The van der Waals surface area contributed by atoms with Crippen molar-refractivity contribution in [1.29, 1.82) is 0 Å². The smallest absolute Gasteiger partial charge is 0.225 e. The van der Waals surface area contributed by atoms with E-state index in [2.05, 4.69) is 51.4 Å². The van der Waals surface area contributed by atoms with E-state index in [1.165, 1.54) is 0 Å². The molecule has 0 aliphatic carbocycles. The number of fused-ring (bicyclic) bond motifs is 3. The Labute approximate surface area is 145 Å². The van der Waals surface area contributed by atoms with Crippen LogP contribution in [0.3, 0.4) is 0 Å². The molecule has 3 nitrogen and oxygen atoms in total. The van der Waals surface area contributed by atoms with Gasteiger partial charge in [-0.3, -0.25) is 4.79 Å². The van der Waals surface area contributed by atoms with Crippen molar-refractivity contribution in [2.45, 2.75) is 76.4 Å². The summed E-state index contributed by atoms with van der Waals surface area (Å²) in [6, 6.07) is 7.77. The SMILES string of the molecule is CC(C)[Si](C(C)C)(C(C)C)N1c2ccccc2[C@]2(F)CC(=O)N[C@H]12. The molecule has 132 valence electrons. The van der Waals surface area contributed by atoms with Gasteiger partial charge in [0.15, 0.2) is 13.9 Å². The largest absolute Gasteiger partial charge is 0.375 e. The fourth-order valence-corrected chi connectivity index (χ4v) is 12.6. The van der Waals surface area contributed by atoms with Gasteiger partial charge in [-0.2, -0.15) is 0 Å². The molecule has 5 heteroatoms. The van der Waals surface area contributed by atoms with Crippen LogP contribution < -0.4 is 9.88 Å². The minimum atomic E-state index is -2.13. The number of nitrogens with one attached hydrogen (secondary N) is 1. The van der Waals surface area contributed by atoms with Crippen molar-refractivity contribution in [2.24, 2.45) is 0 Å². The number of nitrogens with zero attached hydrogens (tertiary/aromatic N) is 1. The minimum Gasteiger partial charge on any atom is -0.375 e. The molecule has 1 aromatic carbocycles. The molecule has 0 radical (unpaired) electrons. The maximum absolute atomic E-state index is 16.0. The van der Waals surface area contributed by atoms with Gasteiger partial charge in [-0.15, -0.1) is 0 Å². The first-order chi connectivity index (χ1) is 11.2. The molecule has 1 amide bonds. The number of alkyl halides is 1. The Bertz CT molecular complexity index is 639. The minimum absolute atomic E-state index is 0.0655. The number of benzene rings is 1. The fraction of sp³-hybridized carbons (Fsp3) is 0.632. The average Bonchev–Trinajstić information content (AvgIpc) is 2.89. The predicted octanol–water partition coefficient (Wildman–Crippen LogP) is 4.69. The van der Waals surface area contributed by atoms with Crippen molar-refractivity contribution < 1.29 is 9.18 Å². The molecule has 0 unspecified atom stereocenters. The second kappa shape index (κ2) is 5.58. The first-order valence-electron chi connectivity index (χ1n) is 9.04. The van der Waals surface area contributed by atoms with Crippen LogP contribution in [0.15, 0.2) is 24.3 Å². The number of hydrogen-bond donors (Lipinski definition) is 1. The molecule has 2 aliphatic heterocycles. The monoisotopic (exact) mass is 348 g/mol. The first kappa shape index (κ1) is 17.5. The molecule has 0 bridgehead atoms. The molecule has 1 fully saturated rings. The lowest BCUT2D eigenvalue weighted by Gasteiger charge is -2.53. The molecule has 1 saturated heterocycles. The summed E-state index contributed by atoms with van der Waals surface area (Å²) in [4.78, 5) is 12.1. The Morgan fingerprint density at radius 3 is 2.21 bits per heavy atom. The number of amides is 1. The van der Waals surface area contributed by atoms with E-state index in [0.29, 0.717) is 22.2 Å². The second-order valence-electron chi connectivity index (χ2n) is 8.25. The van der Waals surface area contributed by atoms with E-state index in [4.69, 9.17) is 0 Å². The van der Waals surface area contributed by atoms with Crippen molar-refractivity contribution in [3.63, 3.8) is 0 Å². The van der Waals surface area contributed by atoms with Crippen LogP contribution in [0.5, 0.6) is 0 Å². The van der Waals surface area contributed by atoms with Gasteiger partial charge in [0.2, 0.25) is 5.91 Å². The Hall–Kier alpha value is -1.36. The number of anilines is 1. The number of carbonyl (C=O) groups is 1. The van der Waals surface area contributed by atoms with Gasteiger partial charge in [0.05, 0.1) is 6.42 Å². The fourth-order valence-electron chi connectivity index (χ4n) is 5.60. The highest BCUT2D eigenvalue weighted by molar-refractivity contribution is 6.87. The van der Waals surface area contributed by atoms with E-state index < -0.39 is 20.1 Å². The number of rotatable bonds is 4. The molecule has 0 saturated carbocycles. The third-order valence-corrected chi connectivity index (χ3v) is 13.1. The Kier molecular flexibility index (Phi) is 4.06. The lowest BCUT2D eigenvalue weighted by atomic mass is 9.95.